The van der Waals surface area contributed by atoms with Crippen LogP contribution in [0.2, 0.25) is 0 Å². The van der Waals surface area contributed by atoms with Crippen LogP contribution in [0, 0.1) is 0 Å². The second-order valence-corrected chi connectivity index (χ2v) is 16.1. The van der Waals surface area contributed by atoms with Crippen molar-refractivity contribution in [3.8, 4) is 50.2 Å². The van der Waals surface area contributed by atoms with Crippen LogP contribution in [0.25, 0.3) is 93.9 Å². The minimum absolute atomic E-state index is 0.899. The number of anilines is 3. The lowest BCUT2D eigenvalue weighted by Crippen LogP contribution is -2.10. The molecule has 2 heterocycles. The van der Waals surface area contributed by atoms with Crippen LogP contribution in [0.5, 0.6) is 0 Å². The van der Waals surface area contributed by atoms with Crippen molar-refractivity contribution in [2.75, 3.05) is 4.90 Å². The van der Waals surface area contributed by atoms with E-state index in [1.54, 1.807) is 0 Å². The fraction of sp³-hybridized carbons (Fsp3) is 0. The highest BCUT2D eigenvalue weighted by Crippen LogP contribution is 2.41. The highest BCUT2D eigenvalue weighted by Gasteiger charge is 2.18. The number of benzene rings is 10. The summed E-state index contributed by atoms with van der Waals surface area (Å²) in [5, 5.41) is 4.76. The van der Waals surface area contributed by atoms with Crippen LogP contribution in [-0.2, 0) is 0 Å². The largest absolute Gasteiger partial charge is 0.455 e. The Kier molecular flexibility index (Phi) is 8.83. The smallest absolute Gasteiger partial charge is 0.143 e. The van der Waals surface area contributed by atoms with Gasteiger partial charge in [-0.25, -0.2) is 0 Å². The molecule has 12 aromatic rings. The molecule has 0 spiro atoms. The van der Waals surface area contributed by atoms with Gasteiger partial charge in [0.15, 0.2) is 0 Å². The quantitative estimate of drug-likeness (QED) is 0.153. The molecule has 2 aromatic heterocycles. The van der Waals surface area contributed by atoms with E-state index < -0.39 is 0 Å². The minimum Gasteiger partial charge on any atom is -0.455 e. The summed E-state index contributed by atoms with van der Waals surface area (Å²) >= 11 is 0. The number of aromatic nitrogens is 1. The minimum atomic E-state index is 0.899. The fourth-order valence-electron chi connectivity index (χ4n) is 9.33. The number of nitrogens with zero attached hydrogens (tertiary/aromatic N) is 2. The van der Waals surface area contributed by atoms with E-state index in [0.717, 1.165) is 55.7 Å². The lowest BCUT2D eigenvalue weighted by atomic mass is 9.98. The van der Waals surface area contributed by atoms with Gasteiger partial charge in [0.25, 0.3) is 0 Å². The van der Waals surface area contributed by atoms with Crippen LogP contribution in [0.3, 0.4) is 0 Å². The molecule has 296 valence electrons. The molecule has 0 saturated carbocycles. The Balaban J connectivity index is 0.890. The molecule has 0 amide bonds. The SMILES string of the molecule is c1ccc(-c2ccc(N(c3ccc(-c4ccc(-c5ccc6c(c5)c5ccccc5n6-c5ccccc5)cc4)cc3)c3cccc(-c4cccc5c4oc4ccccc45)c3)cc2)cc1. The molecule has 0 atom stereocenters. The van der Waals surface area contributed by atoms with Gasteiger partial charge in [-0.1, -0.05) is 170 Å². The van der Waals surface area contributed by atoms with Crippen LogP contribution in [0.15, 0.2) is 247 Å². The molecule has 3 nitrogen and oxygen atoms in total. The molecule has 3 heteroatoms. The maximum absolute atomic E-state index is 6.48. The summed E-state index contributed by atoms with van der Waals surface area (Å²) in [4.78, 5) is 2.34. The summed E-state index contributed by atoms with van der Waals surface area (Å²) in [6.45, 7) is 0. The number of rotatable bonds is 8. The second kappa shape index (κ2) is 15.3. The van der Waals surface area contributed by atoms with Gasteiger partial charge in [-0.05, 0) is 112 Å². The molecule has 63 heavy (non-hydrogen) atoms. The molecule has 0 saturated heterocycles. The van der Waals surface area contributed by atoms with Crippen molar-refractivity contribution < 1.29 is 4.42 Å². The van der Waals surface area contributed by atoms with E-state index in [2.05, 4.69) is 240 Å². The summed E-state index contributed by atoms with van der Waals surface area (Å²) in [7, 11) is 0. The lowest BCUT2D eigenvalue weighted by Gasteiger charge is -2.26. The first kappa shape index (κ1) is 36.5. The van der Waals surface area contributed by atoms with Crippen LogP contribution < -0.4 is 4.90 Å². The maximum Gasteiger partial charge on any atom is 0.143 e. The molecule has 0 fully saturated rings. The third-order valence-corrected chi connectivity index (χ3v) is 12.4. The topological polar surface area (TPSA) is 21.3 Å². The molecule has 0 bridgehead atoms. The van der Waals surface area contributed by atoms with Crippen LogP contribution in [-0.4, -0.2) is 4.57 Å². The molecule has 0 aliphatic carbocycles. The first-order valence-corrected chi connectivity index (χ1v) is 21.5. The van der Waals surface area contributed by atoms with Crippen molar-refractivity contribution in [2.45, 2.75) is 0 Å². The third-order valence-electron chi connectivity index (χ3n) is 12.4. The van der Waals surface area contributed by atoms with Gasteiger partial charge in [0.2, 0.25) is 0 Å². The molecule has 10 aromatic carbocycles. The number of hydrogen-bond donors (Lipinski definition) is 0. The normalized spacial score (nSPS) is 11.5. The first-order valence-electron chi connectivity index (χ1n) is 21.5. The van der Waals surface area contributed by atoms with Crippen LogP contribution >= 0.6 is 0 Å². The first-order chi connectivity index (χ1) is 31.2. The van der Waals surface area contributed by atoms with Crippen molar-refractivity contribution in [1.82, 2.24) is 4.57 Å². The van der Waals surface area contributed by atoms with Gasteiger partial charge in [0, 0.05) is 49.9 Å². The Morgan fingerprint density at radius 3 is 1.52 bits per heavy atom. The predicted molar refractivity (Wildman–Crippen MR) is 264 cm³/mol. The third kappa shape index (κ3) is 6.46. The second-order valence-electron chi connectivity index (χ2n) is 16.1. The average Bonchev–Trinajstić information content (AvgIpc) is 3.91. The summed E-state index contributed by atoms with van der Waals surface area (Å²) < 4.78 is 8.85. The predicted octanol–water partition coefficient (Wildman–Crippen LogP) is 16.8. The fourth-order valence-corrected chi connectivity index (χ4v) is 9.33. The van der Waals surface area contributed by atoms with E-state index in [4.69, 9.17) is 4.42 Å². The molecule has 0 aliphatic heterocycles. The zero-order chi connectivity index (χ0) is 41.7. The van der Waals surface area contributed by atoms with E-state index >= 15 is 0 Å². The number of fused-ring (bicyclic) bond motifs is 6. The molecule has 12 rings (SSSR count). The van der Waals surface area contributed by atoms with Crippen molar-refractivity contribution >= 4 is 60.8 Å². The molecular weight excluding hydrogens is 765 g/mol. The van der Waals surface area contributed by atoms with E-state index in [1.807, 2.05) is 12.1 Å². The highest BCUT2D eigenvalue weighted by atomic mass is 16.3. The van der Waals surface area contributed by atoms with Gasteiger partial charge in [0.1, 0.15) is 11.2 Å². The molecule has 0 unspecified atom stereocenters. The van der Waals surface area contributed by atoms with Crippen molar-refractivity contribution in [3.63, 3.8) is 0 Å². The molecule has 0 aliphatic rings. The Morgan fingerprint density at radius 1 is 0.302 bits per heavy atom. The van der Waals surface area contributed by atoms with Crippen molar-refractivity contribution in [1.29, 1.82) is 0 Å². The zero-order valence-corrected chi connectivity index (χ0v) is 34.4. The summed E-state index contributed by atoms with van der Waals surface area (Å²) in [5.74, 6) is 0. The lowest BCUT2D eigenvalue weighted by molar-refractivity contribution is 0.670. The summed E-state index contributed by atoms with van der Waals surface area (Å²) in [5.41, 5.74) is 17.9. The summed E-state index contributed by atoms with van der Waals surface area (Å²) in [6, 6.07) is 87.0. The molecule has 0 N–H and O–H groups in total. The Morgan fingerprint density at radius 2 is 0.810 bits per heavy atom. The Hall–Kier alpha value is -8.40. The van der Waals surface area contributed by atoms with Crippen molar-refractivity contribution in [3.05, 3.63) is 243 Å². The van der Waals surface area contributed by atoms with Crippen LogP contribution in [0.4, 0.5) is 17.1 Å². The summed E-state index contributed by atoms with van der Waals surface area (Å²) in [6.07, 6.45) is 0. The van der Waals surface area contributed by atoms with Gasteiger partial charge in [-0.2, -0.15) is 0 Å². The van der Waals surface area contributed by atoms with Gasteiger partial charge in [-0.15, -0.1) is 0 Å². The van der Waals surface area contributed by atoms with E-state index in [1.165, 1.54) is 55.3 Å². The van der Waals surface area contributed by atoms with E-state index in [0.29, 0.717) is 0 Å². The number of para-hydroxylation sites is 4. The Bertz CT molecular complexity index is 3580. The number of furan rings is 1. The molecular formula is C60H40N2O. The van der Waals surface area contributed by atoms with Crippen LogP contribution in [0.1, 0.15) is 0 Å². The zero-order valence-electron chi connectivity index (χ0n) is 34.4. The van der Waals surface area contributed by atoms with Gasteiger partial charge >= 0.3 is 0 Å². The standard InChI is InChI=1S/C60H40N2O/c1-3-13-41(14-4-1)43-29-34-49(35-30-43)61(51-18-11-15-47(39-51)52-21-12-22-55-54-20-8-10-24-59(54)63-60(52)55)50-36-31-44(32-37-50)42-25-27-45(28-26-42)46-33-38-58-56(40-46)53-19-7-9-23-57(53)62(58)48-16-5-2-6-17-48/h1-40H. The molecule has 0 radical (unpaired) electrons. The van der Waals surface area contributed by atoms with Gasteiger partial charge < -0.3 is 13.9 Å². The number of hydrogen-bond acceptors (Lipinski definition) is 2. The Labute approximate surface area is 366 Å². The van der Waals surface area contributed by atoms with E-state index in [9.17, 15) is 0 Å². The van der Waals surface area contributed by atoms with E-state index in [-0.39, 0.29) is 0 Å². The average molecular weight is 805 g/mol. The van der Waals surface area contributed by atoms with Gasteiger partial charge in [0.05, 0.1) is 11.0 Å². The van der Waals surface area contributed by atoms with Gasteiger partial charge in [-0.3, -0.25) is 0 Å². The monoisotopic (exact) mass is 804 g/mol. The van der Waals surface area contributed by atoms with Crippen molar-refractivity contribution in [2.24, 2.45) is 0 Å². The maximum atomic E-state index is 6.48. The highest BCUT2D eigenvalue weighted by molar-refractivity contribution is 6.11.